The first-order valence-electron chi connectivity index (χ1n) is 7.89. The molecule has 0 bridgehead atoms. The third-order valence-corrected chi connectivity index (χ3v) is 4.49. The first-order valence-corrected chi connectivity index (χ1v) is 9.09. The van der Waals surface area contributed by atoms with Crippen LogP contribution in [0.1, 0.15) is 19.4 Å². The molecule has 7 heteroatoms. The number of benzene rings is 1. The quantitative estimate of drug-likeness (QED) is 0.580. The fraction of sp³-hybridized carbons (Fsp3) is 0.333. The Morgan fingerprint density at radius 3 is 2.84 bits per heavy atom. The molecule has 1 N–H and O–H groups in total. The van der Waals surface area contributed by atoms with Gasteiger partial charge in [-0.25, -0.2) is 0 Å². The Labute approximate surface area is 157 Å². The van der Waals surface area contributed by atoms with Crippen LogP contribution in [0.3, 0.4) is 0 Å². The normalized spacial score (nSPS) is 17.8. The molecule has 1 fully saturated rings. The first kappa shape index (κ1) is 19.6. The molecule has 1 aromatic rings. The molecule has 0 spiro atoms. The number of thioether (sulfide) groups is 1. The number of hydrogen-bond acceptors (Lipinski definition) is 5. The lowest BCUT2D eigenvalue weighted by Crippen LogP contribution is -2.29. The molecule has 1 aromatic carbocycles. The zero-order valence-electron chi connectivity index (χ0n) is 14.2. The molecule has 1 saturated heterocycles. The van der Waals surface area contributed by atoms with Gasteiger partial charge in [-0.2, -0.15) is 0 Å². The highest BCUT2D eigenvalue weighted by Crippen LogP contribution is 2.34. The van der Waals surface area contributed by atoms with Gasteiger partial charge in [-0.3, -0.25) is 14.7 Å². The lowest BCUT2D eigenvalue weighted by molar-refractivity contribution is -0.121. The standard InChI is InChI=1S/C18H21ClN2O3S/c1-4-7-21-17(23)16(25-18(21)20-12(2)3)11-13-5-6-15(14(19)10-13)24-9-8-22/h4-6,10-12,22H,1,7-9H2,2-3H3/b16-11-,20-18?. The number of amidine groups is 1. The molecule has 1 amide bonds. The van der Waals surface area contributed by atoms with Gasteiger partial charge >= 0.3 is 0 Å². The second-order valence-electron chi connectivity index (χ2n) is 5.58. The number of hydrogen-bond donors (Lipinski definition) is 1. The van der Waals surface area contributed by atoms with Gasteiger partial charge in [0.05, 0.1) is 16.5 Å². The highest BCUT2D eigenvalue weighted by molar-refractivity contribution is 8.18. The fourth-order valence-corrected chi connectivity index (χ4v) is 3.51. The maximum absolute atomic E-state index is 12.6. The minimum absolute atomic E-state index is 0.0790. The van der Waals surface area contributed by atoms with Gasteiger partial charge in [0.2, 0.25) is 0 Å². The van der Waals surface area contributed by atoms with Gasteiger partial charge in [0, 0.05) is 12.6 Å². The van der Waals surface area contributed by atoms with E-state index in [1.807, 2.05) is 19.9 Å². The van der Waals surface area contributed by atoms with Gasteiger partial charge < -0.3 is 9.84 Å². The summed E-state index contributed by atoms with van der Waals surface area (Å²) < 4.78 is 5.33. The van der Waals surface area contributed by atoms with E-state index < -0.39 is 0 Å². The average Bonchev–Trinajstić information content (AvgIpc) is 2.83. The Bertz CT molecular complexity index is 716. The van der Waals surface area contributed by atoms with Crippen LogP contribution in [0.25, 0.3) is 6.08 Å². The predicted molar refractivity (Wildman–Crippen MR) is 104 cm³/mol. The van der Waals surface area contributed by atoms with Crippen LogP contribution in [-0.4, -0.2) is 46.9 Å². The van der Waals surface area contributed by atoms with Crippen molar-refractivity contribution in [1.82, 2.24) is 4.90 Å². The number of carbonyl (C=O) groups excluding carboxylic acids is 1. The van der Waals surface area contributed by atoms with E-state index in [0.29, 0.717) is 27.4 Å². The van der Waals surface area contributed by atoms with Crippen LogP contribution in [0.4, 0.5) is 0 Å². The maximum Gasteiger partial charge on any atom is 0.267 e. The van der Waals surface area contributed by atoms with Crippen molar-refractivity contribution < 1.29 is 14.6 Å². The van der Waals surface area contributed by atoms with E-state index >= 15 is 0 Å². The first-order chi connectivity index (χ1) is 12.0. The molecular formula is C18H21ClN2O3S. The number of amides is 1. The molecule has 1 aliphatic heterocycles. The van der Waals surface area contributed by atoms with Crippen molar-refractivity contribution in [3.8, 4) is 5.75 Å². The minimum Gasteiger partial charge on any atom is -0.490 e. The van der Waals surface area contributed by atoms with Crippen molar-refractivity contribution in [2.75, 3.05) is 19.8 Å². The monoisotopic (exact) mass is 380 g/mol. The summed E-state index contributed by atoms with van der Waals surface area (Å²) >= 11 is 7.53. The minimum atomic E-state index is -0.0963. The molecule has 1 aliphatic rings. The van der Waals surface area contributed by atoms with E-state index in [1.54, 1.807) is 29.2 Å². The fourth-order valence-electron chi connectivity index (χ4n) is 2.15. The summed E-state index contributed by atoms with van der Waals surface area (Å²) in [5.41, 5.74) is 0.793. The number of nitrogens with zero attached hydrogens (tertiary/aromatic N) is 2. The SMILES string of the molecule is C=CCN1C(=O)/C(=C/c2ccc(OCCO)c(Cl)c2)SC1=NC(C)C. The molecule has 0 saturated carbocycles. The molecule has 0 unspecified atom stereocenters. The molecule has 0 aliphatic carbocycles. The van der Waals surface area contributed by atoms with Gasteiger partial charge in [0.1, 0.15) is 12.4 Å². The van der Waals surface area contributed by atoms with E-state index in [-0.39, 0.29) is 25.2 Å². The molecular weight excluding hydrogens is 360 g/mol. The zero-order chi connectivity index (χ0) is 18.4. The van der Waals surface area contributed by atoms with Crippen molar-refractivity contribution in [2.24, 2.45) is 4.99 Å². The van der Waals surface area contributed by atoms with Crippen LogP contribution >= 0.6 is 23.4 Å². The Kier molecular flexibility index (Phi) is 7.11. The van der Waals surface area contributed by atoms with Gasteiger partial charge in [0.15, 0.2) is 5.17 Å². The Hall–Kier alpha value is -1.76. The molecule has 0 atom stereocenters. The van der Waals surface area contributed by atoms with Crippen LogP contribution in [0.2, 0.25) is 5.02 Å². The second kappa shape index (κ2) is 9.08. The maximum atomic E-state index is 12.6. The van der Waals surface area contributed by atoms with Gasteiger partial charge in [-0.1, -0.05) is 23.7 Å². The highest BCUT2D eigenvalue weighted by Gasteiger charge is 2.32. The molecule has 1 heterocycles. The molecule has 134 valence electrons. The summed E-state index contributed by atoms with van der Waals surface area (Å²) in [7, 11) is 0. The Morgan fingerprint density at radius 2 is 2.24 bits per heavy atom. The lowest BCUT2D eigenvalue weighted by Gasteiger charge is -2.13. The van der Waals surface area contributed by atoms with E-state index in [9.17, 15) is 4.79 Å². The van der Waals surface area contributed by atoms with Gasteiger partial charge in [-0.05, 0) is 49.4 Å². The molecule has 25 heavy (non-hydrogen) atoms. The van der Waals surface area contributed by atoms with Crippen LogP contribution in [-0.2, 0) is 4.79 Å². The Balaban J connectivity index is 2.26. The summed E-state index contributed by atoms with van der Waals surface area (Å²) in [5, 5.41) is 9.92. The number of aliphatic imine (C=N–C) groups is 1. The lowest BCUT2D eigenvalue weighted by atomic mass is 10.2. The van der Waals surface area contributed by atoms with Crippen LogP contribution in [0.15, 0.2) is 40.8 Å². The number of aliphatic hydroxyl groups excluding tert-OH is 1. The molecule has 2 rings (SSSR count). The Morgan fingerprint density at radius 1 is 1.48 bits per heavy atom. The van der Waals surface area contributed by atoms with Crippen LogP contribution in [0.5, 0.6) is 5.75 Å². The number of carbonyl (C=O) groups is 1. The van der Waals surface area contributed by atoms with Gasteiger partial charge in [0.25, 0.3) is 5.91 Å². The van der Waals surface area contributed by atoms with Crippen LogP contribution < -0.4 is 4.74 Å². The third kappa shape index (κ3) is 5.11. The molecule has 0 radical (unpaired) electrons. The van der Waals surface area contributed by atoms with E-state index in [0.717, 1.165) is 5.56 Å². The predicted octanol–water partition coefficient (Wildman–Crippen LogP) is 3.58. The van der Waals surface area contributed by atoms with Crippen molar-refractivity contribution in [3.63, 3.8) is 0 Å². The van der Waals surface area contributed by atoms with Crippen molar-refractivity contribution in [1.29, 1.82) is 0 Å². The van der Waals surface area contributed by atoms with Crippen molar-refractivity contribution >= 4 is 40.5 Å². The van der Waals surface area contributed by atoms with Crippen LogP contribution in [0, 0.1) is 0 Å². The van der Waals surface area contributed by atoms with Crippen molar-refractivity contribution in [2.45, 2.75) is 19.9 Å². The summed E-state index contributed by atoms with van der Waals surface area (Å²) in [4.78, 5) is 19.3. The van der Waals surface area contributed by atoms with E-state index in [4.69, 9.17) is 21.4 Å². The van der Waals surface area contributed by atoms with E-state index in [2.05, 4.69) is 11.6 Å². The summed E-state index contributed by atoms with van der Waals surface area (Å²) in [6, 6.07) is 5.36. The van der Waals surface area contributed by atoms with Crippen molar-refractivity contribution in [3.05, 3.63) is 46.3 Å². The number of rotatable bonds is 7. The van der Waals surface area contributed by atoms with Gasteiger partial charge in [-0.15, -0.1) is 6.58 Å². The number of halogens is 1. The molecule has 0 aromatic heterocycles. The molecule has 5 nitrogen and oxygen atoms in total. The summed E-state index contributed by atoms with van der Waals surface area (Å²) in [5.74, 6) is 0.402. The third-order valence-electron chi connectivity index (χ3n) is 3.17. The zero-order valence-corrected chi connectivity index (χ0v) is 15.8. The smallest absolute Gasteiger partial charge is 0.267 e. The average molecular weight is 381 g/mol. The largest absolute Gasteiger partial charge is 0.490 e. The highest BCUT2D eigenvalue weighted by atomic mass is 35.5. The van der Waals surface area contributed by atoms with E-state index in [1.165, 1.54) is 11.8 Å². The topological polar surface area (TPSA) is 62.1 Å². The number of ether oxygens (including phenoxy) is 1. The summed E-state index contributed by atoms with van der Waals surface area (Å²) in [6.07, 6.45) is 3.47. The summed E-state index contributed by atoms with van der Waals surface area (Å²) in [6.45, 7) is 8.16. The number of aliphatic hydroxyl groups is 1. The second-order valence-corrected chi connectivity index (χ2v) is 7.00.